The summed E-state index contributed by atoms with van der Waals surface area (Å²) in [6, 6.07) is 3.37. The second-order valence-corrected chi connectivity index (χ2v) is 5.47. The van der Waals surface area contributed by atoms with E-state index in [1.54, 1.807) is 16.8 Å². The van der Waals surface area contributed by atoms with Gasteiger partial charge in [-0.1, -0.05) is 13.8 Å². The third-order valence-corrected chi connectivity index (χ3v) is 3.09. The number of nitrogens with zero attached hydrogens (tertiary/aromatic N) is 3. The van der Waals surface area contributed by atoms with Crippen molar-refractivity contribution in [1.29, 1.82) is 0 Å². The summed E-state index contributed by atoms with van der Waals surface area (Å²) < 4.78 is 1.60. The van der Waals surface area contributed by atoms with Gasteiger partial charge in [-0.05, 0) is 18.9 Å². The Morgan fingerprint density at radius 1 is 1.41 bits per heavy atom. The number of aromatic nitrogens is 2. The zero-order chi connectivity index (χ0) is 12.4. The molecule has 1 aliphatic heterocycles. The molecule has 0 radical (unpaired) electrons. The predicted octanol–water partition coefficient (Wildman–Crippen LogP) is 1.14. The highest BCUT2D eigenvalue weighted by Crippen LogP contribution is 2.17. The van der Waals surface area contributed by atoms with E-state index in [0.717, 1.165) is 37.8 Å². The van der Waals surface area contributed by atoms with Crippen molar-refractivity contribution in [3.05, 3.63) is 28.2 Å². The van der Waals surface area contributed by atoms with Crippen molar-refractivity contribution in [3.63, 3.8) is 0 Å². The summed E-state index contributed by atoms with van der Waals surface area (Å²) in [4.78, 5) is 14.0. The van der Waals surface area contributed by atoms with Crippen LogP contribution in [0.3, 0.4) is 0 Å². The molecule has 0 unspecified atom stereocenters. The monoisotopic (exact) mass is 235 g/mol. The summed E-state index contributed by atoms with van der Waals surface area (Å²) in [5, 5.41) is 4.27. The average Bonchev–Trinajstić information content (AvgIpc) is 2.19. The Labute approximate surface area is 102 Å². The Morgan fingerprint density at radius 2 is 2.12 bits per heavy atom. The van der Waals surface area contributed by atoms with E-state index in [1.807, 2.05) is 6.92 Å². The third kappa shape index (κ3) is 3.16. The standard InChI is InChI=1S/C13H21N3O/c1-10(2)6-15-7-12(8-15)9-16-13(17)5-4-11(3)14-16/h4-5,10,12H,6-9H2,1-3H3. The Kier molecular flexibility index (Phi) is 3.62. The van der Waals surface area contributed by atoms with Crippen molar-refractivity contribution >= 4 is 0 Å². The van der Waals surface area contributed by atoms with Crippen LogP contribution in [0.5, 0.6) is 0 Å². The zero-order valence-corrected chi connectivity index (χ0v) is 10.9. The maximum Gasteiger partial charge on any atom is 0.266 e. The fraction of sp³-hybridized carbons (Fsp3) is 0.692. The maximum absolute atomic E-state index is 11.6. The lowest BCUT2D eigenvalue weighted by molar-refractivity contribution is 0.0723. The van der Waals surface area contributed by atoms with Gasteiger partial charge in [0.2, 0.25) is 0 Å². The van der Waals surface area contributed by atoms with Crippen LogP contribution in [0.1, 0.15) is 19.5 Å². The molecule has 17 heavy (non-hydrogen) atoms. The predicted molar refractivity (Wildman–Crippen MR) is 68.0 cm³/mol. The summed E-state index contributed by atoms with van der Waals surface area (Å²) in [6.45, 7) is 10.5. The molecule has 0 N–H and O–H groups in total. The summed E-state index contributed by atoms with van der Waals surface area (Å²) >= 11 is 0. The van der Waals surface area contributed by atoms with Crippen LogP contribution in [0.15, 0.2) is 16.9 Å². The molecular weight excluding hydrogens is 214 g/mol. The van der Waals surface area contributed by atoms with Crippen molar-refractivity contribution in [1.82, 2.24) is 14.7 Å². The molecule has 0 spiro atoms. The van der Waals surface area contributed by atoms with Crippen LogP contribution in [-0.2, 0) is 6.54 Å². The van der Waals surface area contributed by atoms with Crippen LogP contribution in [0.25, 0.3) is 0 Å². The van der Waals surface area contributed by atoms with E-state index in [2.05, 4.69) is 23.8 Å². The quantitative estimate of drug-likeness (QED) is 0.785. The van der Waals surface area contributed by atoms with Crippen LogP contribution < -0.4 is 5.56 Å². The van der Waals surface area contributed by atoms with E-state index in [9.17, 15) is 4.79 Å². The smallest absolute Gasteiger partial charge is 0.266 e. The first-order valence-corrected chi connectivity index (χ1v) is 6.31. The highest BCUT2D eigenvalue weighted by Gasteiger charge is 2.27. The molecule has 1 aromatic heterocycles. The minimum Gasteiger partial charge on any atom is -0.302 e. The van der Waals surface area contributed by atoms with E-state index in [-0.39, 0.29) is 5.56 Å². The van der Waals surface area contributed by atoms with Crippen LogP contribution in [-0.4, -0.2) is 34.3 Å². The molecule has 1 fully saturated rings. The highest BCUT2D eigenvalue weighted by atomic mass is 16.1. The fourth-order valence-electron chi connectivity index (χ4n) is 2.38. The van der Waals surface area contributed by atoms with Gasteiger partial charge >= 0.3 is 0 Å². The van der Waals surface area contributed by atoms with Crippen molar-refractivity contribution < 1.29 is 0 Å². The van der Waals surface area contributed by atoms with Crippen molar-refractivity contribution in [2.75, 3.05) is 19.6 Å². The van der Waals surface area contributed by atoms with Crippen LogP contribution in [0.2, 0.25) is 0 Å². The SMILES string of the molecule is Cc1ccc(=O)n(CC2CN(CC(C)C)C2)n1. The van der Waals surface area contributed by atoms with E-state index in [1.165, 1.54) is 0 Å². The largest absolute Gasteiger partial charge is 0.302 e. The molecule has 4 heteroatoms. The second kappa shape index (κ2) is 5.00. The maximum atomic E-state index is 11.6. The molecule has 4 nitrogen and oxygen atoms in total. The molecule has 1 aromatic rings. The molecule has 0 aromatic carbocycles. The van der Waals surface area contributed by atoms with Gasteiger partial charge in [-0.3, -0.25) is 4.79 Å². The summed E-state index contributed by atoms with van der Waals surface area (Å²) in [5.74, 6) is 1.30. The number of hydrogen-bond donors (Lipinski definition) is 0. The number of rotatable bonds is 4. The second-order valence-electron chi connectivity index (χ2n) is 5.47. The minimum absolute atomic E-state index is 0.0120. The van der Waals surface area contributed by atoms with Gasteiger partial charge in [-0.2, -0.15) is 5.10 Å². The summed E-state index contributed by atoms with van der Waals surface area (Å²) in [5.41, 5.74) is 0.917. The normalized spacial score (nSPS) is 17.4. The molecular formula is C13H21N3O. The first-order valence-electron chi connectivity index (χ1n) is 6.31. The van der Waals surface area contributed by atoms with Crippen LogP contribution >= 0.6 is 0 Å². The van der Waals surface area contributed by atoms with E-state index >= 15 is 0 Å². The molecule has 2 heterocycles. The molecule has 0 atom stereocenters. The first-order chi connectivity index (χ1) is 8.04. The lowest BCUT2D eigenvalue weighted by Crippen LogP contribution is -2.50. The molecule has 0 bridgehead atoms. The Bertz CT molecular complexity index is 433. The molecule has 1 saturated heterocycles. The molecule has 94 valence electrons. The summed E-state index contributed by atoms with van der Waals surface area (Å²) in [7, 11) is 0. The van der Waals surface area contributed by atoms with Gasteiger partial charge in [0.25, 0.3) is 5.56 Å². The van der Waals surface area contributed by atoms with Crippen molar-refractivity contribution in [3.8, 4) is 0 Å². The van der Waals surface area contributed by atoms with Crippen molar-refractivity contribution in [2.45, 2.75) is 27.3 Å². The molecule has 0 amide bonds. The molecule has 1 aliphatic rings. The van der Waals surface area contributed by atoms with Gasteiger partial charge in [0.1, 0.15) is 0 Å². The number of aryl methyl sites for hydroxylation is 1. The van der Waals surface area contributed by atoms with Gasteiger partial charge in [0, 0.05) is 31.6 Å². The van der Waals surface area contributed by atoms with Gasteiger partial charge in [-0.15, -0.1) is 0 Å². The lowest BCUT2D eigenvalue weighted by Gasteiger charge is -2.40. The minimum atomic E-state index is 0.0120. The highest BCUT2D eigenvalue weighted by molar-refractivity contribution is 4.97. The van der Waals surface area contributed by atoms with Gasteiger partial charge in [0.05, 0.1) is 12.2 Å². The topological polar surface area (TPSA) is 38.1 Å². The fourth-order valence-corrected chi connectivity index (χ4v) is 2.38. The van der Waals surface area contributed by atoms with Gasteiger partial charge in [0.15, 0.2) is 0 Å². The Hall–Kier alpha value is -1.16. The Morgan fingerprint density at radius 3 is 2.76 bits per heavy atom. The number of hydrogen-bond acceptors (Lipinski definition) is 3. The number of likely N-dealkylation sites (tertiary alicyclic amines) is 1. The van der Waals surface area contributed by atoms with Crippen molar-refractivity contribution in [2.24, 2.45) is 11.8 Å². The Balaban J connectivity index is 1.87. The van der Waals surface area contributed by atoms with Gasteiger partial charge < -0.3 is 4.90 Å². The molecule has 0 saturated carbocycles. The lowest BCUT2D eigenvalue weighted by atomic mass is 9.98. The summed E-state index contributed by atoms with van der Waals surface area (Å²) in [6.07, 6.45) is 0. The average molecular weight is 235 g/mol. The van der Waals surface area contributed by atoms with Crippen LogP contribution in [0, 0.1) is 18.8 Å². The van der Waals surface area contributed by atoms with Gasteiger partial charge in [-0.25, -0.2) is 4.68 Å². The van der Waals surface area contributed by atoms with E-state index < -0.39 is 0 Å². The molecule has 2 rings (SSSR count). The van der Waals surface area contributed by atoms with E-state index in [0.29, 0.717) is 5.92 Å². The zero-order valence-electron chi connectivity index (χ0n) is 10.9. The molecule has 0 aliphatic carbocycles. The third-order valence-electron chi connectivity index (χ3n) is 3.09. The first kappa shape index (κ1) is 12.3. The van der Waals surface area contributed by atoms with Crippen LogP contribution in [0.4, 0.5) is 0 Å². The van der Waals surface area contributed by atoms with E-state index in [4.69, 9.17) is 0 Å².